The average molecular weight is 504 g/mol. The van der Waals surface area contributed by atoms with Crippen molar-refractivity contribution in [3.8, 4) is 5.75 Å². The smallest absolute Gasteiger partial charge is 0.338 e. The van der Waals surface area contributed by atoms with Gasteiger partial charge in [0.05, 0.1) is 18.5 Å². The highest BCUT2D eigenvalue weighted by Gasteiger charge is 2.20. The number of amides is 1. The predicted octanol–water partition coefficient (Wildman–Crippen LogP) is 2.85. The number of hydrogen-bond acceptors (Lipinski definition) is 7. The van der Waals surface area contributed by atoms with E-state index in [1.807, 2.05) is 42.5 Å². The number of carbonyl (C=O) groups is 3. The molecule has 1 heterocycles. The lowest BCUT2D eigenvalue weighted by Crippen LogP contribution is -2.49. The highest BCUT2D eigenvalue weighted by atomic mass is 16.5. The van der Waals surface area contributed by atoms with Crippen LogP contribution < -0.4 is 4.74 Å². The Morgan fingerprint density at radius 2 is 1.51 bits per heavy atom. The lowest BCUT2D eigenvalue weighted by molar-refractivity contribution is -0.133. The Kier molecular flexibility index (Phi) is 8.87. The Labute approximate surface area is 217 Å². The molecule has 1 aliphatic heterocycles. The third-order valence-corrected chi connectivity index (χ3v) is 6.50. The van der Waals surface area contributed by atoms with Gasteiger partial charge >= 0.3 is 11.9 Å². The first kappa shape index (κ1) is 26.3. The fourth-order valence-corrected chi connectivity index (χ4v) is 4.28. The number of piperazine rings is 1. The molecule has 3 aromatic rings. The monoisotopic (exact) mass is 503 g/mol. The van der Waals surface area contributed by atoms with Crippen LogP contribution in [-0.4, -0.2) is 92.5 Å². The molecule has 8 heteroatoms. The van der Waals surface area contributed by atoms with Gasteiger partial charge in [-0.15, -0.1) is 0 Å². The molecule has 0 bridgehead atoms. The Morgan fingerprint density at radius 1 is 0.838 bits per heavy atom. The summed E-state index contributed by atoms with van der Waals surface area (Å²) >= 11 is 0. The van der Waals surface area contributed by atoms with Gasteiger partial charge in [-0.25, -0.2) is 4.79 Å². The number of benzene rings is 3. The second-order valence-corrected chi connectivity index (χ2v) is 9.36. The Morgan fingerprint density at radius 3 is 2.24 bits per heavy atom. The van der Waals surface area contributed by atoms with Crippen LogP contribution in [0.2, 0.25) is 0 Å². The second-order valence-electron chi connectivity index (χ2n) is 9.36. The molecule has 1 aliphatic rings. The first-order valence-electron chi connectivity index (χ1n) is 12.5. The molecule has 0 unspecified atom stereocenters. The molecule has 1 saturated heterocycles. The van der Waals surface area contributed by atoms with Gasteiger partial charge in [-0.1, -0.05) is 42.5 Å². The summed E-state index contributed by atoms with van der Waals surface area (Å²) in [7, 11) is 3.53. The molecule has 0 aliphatic carbocycles. The zero-order valence-corrected chi connectivity index (χ0v) is 21.4. The maximum atomic E-state index is 12.5. The van der Waals surface area contributed by atoms with Gasteiger partial charge in [0.15, 0.2) is 0 Å². The van der Waals surface area contributed by atoms with Crippen molar-refractivity contribution in [1.82, 2.24) is 14.7 Å². The molecule has 0 atom stereocenters. The molecule has 8 nitrogen and oxygen atoms in total. The highest BCUT2D eigenvalue weighted by Crippen LogP contribution is 2.20. The van der Waals surface area contributed by atoms with E-state index in [2.05, 4.69) is 9.80 Å². The van der Waals surface area contributed by atoms with Crippen LogP contribution in [0, 0.1) is 0 Å². The average Bonchev–Trinajstić information content (AvgIpc) is 2.90. The van der Waals surface area contributed by atoms with Crippen LogP contribution >= 0.6 is 0 Å². The van der Waals surface area contributed by atoms with Crippen molar-refractivity contribution in [2.24, 2.45) is 0 Å². The van der Waals surface area contributed by atoms with Gasteiger partial charge in [0.1, 0.15) is 12.4 Å². The topological polar surface area (TPSA) is 79.4 Å². The Balaban J connectivity index is 1.19. The zero-order chi connectivity index (χ0) is 26.2. The molecule has 1 fully saturated rings. The van der Waals surface area contributed by atoms with Gasteiger partial charge in [0.2, 0.25) is 5.91 Å². The molecule has 4 rings (SSSR count). The van der Waals surface area contributed by atoms with Crippen molar-refractivity contribution in [1.29, 1.82) is 0 Å². The van der Waals surface area contributed by atoms with E-state index in [1.54, 1.807) is 43.3 Å². The Bertz CT molecular complexity index is 1230. The molecule has 0 spiro atoms. The van der Waals surface area contributed by atoms with Gasteiger partial charge in [-0.2, -0.15) is 0 Å². The van der Waals surface area contributed by atoms with Crippen LogP contribution in [0.4, 0.5) is 0 Å². The minimum atomic E-state index is -0.413. The van der Waals surface area contributed by atoms with Crippen molar-refractivity contribution in [2.45, 2.75) is 6.42 Å². The van der Waals surface area contributed by atoms with Gasteiger partial charge in [0, 0.05) is 46.8 Å². The number of esters is 2. The lowest BCUT2D eigenvalue weighted by Gasteiger charge is -2.34. The van der Waals surface area contributed by atoms with Crippen LogP contribution in [0.15, 0.2) is 66.7 Å². The van der Waals surface area contributed by atoms with E-state index in [4.69, 9.17) is 9.47 Å². The lowest BCUT2D eigenvalue weighted by atomic mass is 10.0. The van der Waals surface area contributed by atoms with Crippen molar-refractivity contribution in [2.75, 3.05) is 60.0 Å². The van der Waals surface area contributed by atoms with Crippen LogP contribution in [0.3, 0.4) is 0 Å². The van der Waals surface area contributed by atoms with Gasteiger partial charge in [-0.05, 0) is 40.6 Å². The van der Waals surface area contributed by atoms with Crippen molar-refractivity contribution < 1.29 is 23.9 Å². The van der Waals surface area contributed by atoms with E-state index in [9.17, 15) is 14.4 Å². The molecule has 3 aromatic carbocycles. The molecule has 1 amide bonds. The molecule has 0 aromatic heterocycles. The predicted molar refractivity (Wildman–Crippen MR) is 142 cm³/mol. The van der Waals surface area contributed by atoms with Crippen LogP contribution in [0.25, 0.3) is 10.8 Å². The number of nitrogens with zero attached hydrogens (tertiary/aromatic N) is 3. The summed E-state index contributed by atoms with van der Waals surface area (Å²) in [5.41, 5.74) is 1.31. The second kappa shape index (κ2) is 12.5. The van der Waals surface area contributed by atoms with E-state index >= 15 is 0 Å². The normalized spacial score (nSPS) is 14.3. The maximum Gasteiger partial charge on any atom is 0.338 e. The minimum absolute atomic E-state index is 0.105. The van der Waals surface area contributed by atoms with Gasteiger partial charge < -0.3 is 14.4 Å². The first-order valence-corrected chi connectivity index (χ1v) is 12.5. The van der Waals surface area contributed by atoms with Gasteiger partial charge in [0.25, 0.3) is 0 Å². The van der Waals surface area contributed by atoms with Crippen LogP contribution in [-0.2, 0) is 20.7 Å². The quantitative estimate of drug-likeness (QED) is 0.328. The molecule has 37 heavy (non-hydrogen) atoms. The number of likely N-dealkylation sites (N-methyl/N-ethyl adjacent to an activating group) is 1. The van der Waals surface area contributed by atoms with E-state index in [1.165, 1.54) is 0 Å². The minimum Gasteiger partial charge on any atom is -0.461 e. The molecule has 0 saturated carbocycles. The van der Waals surface area contributed by atoms with E-state index in [-0.39, 0.29) is 24.9 Å². The van der Waals surface area contributed by atoms with Crippen molar-refractivity contribution >= 4 is 28.6 Å². The third-order valence-electron chi connectivity index (χ3n) is 6.50. The number of carbonyl (C=O) groups excluding carboxylic acids is 3. The highest BCUT2D eigenvalue weighted by molar-refractivity contribution is 5.90. The Hall–Kier alpha value is -3.75. The number of ether oxygens (including phenoxy) is 2. The SMILES string of the molecule is CN(C)C(=O)CN1CCN(CCOC(=O)c2ccc(OC(=O)Cc3cccc4ccccc34)cc2)CC1. The summed E-state index contributed by atoms with van der Waals surface area (Å²) in [6, 6.07) is 20.2. The fourth-order valence-electron chi connectivity index (χ4n) is 4.28. The molecule has 0 N–H and O–H groups in total. The number of hydrogen-bond donors (Lipinski definition) is 0. The molecular weight excluding hydrogens is 470 g/mol. The van der Waals surface area contributed by atoms with Crippen LogP contribution in [0.1, 0.15) is 15.9 Å². The summed E-state index contributed by atoms with van der Waals surface area (Å²) in [5, 5.41) is 2.11. The number of rotatable bonds is 9. The summed E-state index contributed by atoms with van der Waals surface area (Å²) < 4.78 is 10.9. The summed E-state index contributed by atoms with van der Waals surface area (Å²) in [6.07, 6.45) is 0.158. The largest absolute Gasteiger partial charge is 0.461 e. The standard InChI is InChI=1S/C29H33N3O5/c1-30(2)27(33)21-32-16-14-31(15-17-32)18-19-36-29(35)23-10-12-25(13-11-23)37-28(34)20-24-8-5-7-22-6-3-4-9-26(22)24/h3-13H,14-21H2,1-2H3. The van der Waals surface area contributed by atoms with E-state index < -0.39 is 5.97 Å². The van der Waals surface area contributed by atoms with E-state index in [0.717, 1.165) is 42.5 Å². The number of fused-ring (bicyclic) bond motifs is 1. The van der Waals surface area contributed by atoms with Crippen molar-refractivity contribution in [3.63, 3.8) is 0 Å². The van der Waals surface area contributed by atoms with Gasteiger partial charge in [-0.3, -0.25) is 19.4 Å². The summed E-state index contributed by atoms with van der Waals surface area (Å²) in [5.74, 6) is -0.290. The fraction of sp³-hybridized carbons (Fsp3) is 0.345. The van der Waals surface area contributed by atoms with Crippen LogP contribution in [0.5, 0.6) is 5.75 Å². The van der Waals surface area contributed by atoms with Crippen molar-refractivity contribution in [3.05, 3.63) is 77.9 Å². The summed E-state index contributed by atoms with van der Waals surface area (Å²) in [6.45, 7) is 4.66. The summed E-state index contributed by atoms with van der Waals surface area (Å²) in [4.78, 5) is 42.7. The first-order chi connectivity index (χ1) is 17.9. The molecule has 194 valence electrons. The maximum absolute atomic E-state index is 12.5. The molecule has 0 radical (unpaired) electrons. The van der Waals surface area contributed by atoms with E-state index in [0.29, 0.717) is 24.4 Å². The molecular formula is C29H33N3O5. The third kappa shape index (κ3) is 7.38. The zero-order valence-electron chi connectivity index (χ0n) is 21.4.